The largest absolute Gasteiger partial charge is 0.465 e. The molecule has 0 saturated heterocycles. The third-order valence-corrected chi connectivity index (χ3v) is 6.65. The van der Waals surface area contributed by atoms with Gasteiger partial charge < -0.3 is 26.2 Å². The number of benzene rings is 3. The average Bonchev–Trinajstić information content (AvgIpc) is 3.21. The van der Waals surface area contributed by atoms with E-state index in [1.807, 2.05) is 36.4 Å². The number of nitrogens with two attached hydrogens (primary N) is 1. The van der Waals surface area contributed by atoms with Gasteiger partial charge in [0.2, 0.25) is 11.8 Å². The zero-order chi connectivity index (χ0) is 28.2. The van der Waals surface area contributed by atoms with Gasteiger partial charge in [0.05, 0.1) is 0 Å². The number of carbonyl (C=O) groups excluding carboxylic acids is 3. The van der Waals surface area contributed by atoms with Gasteiger partial charge in [-0.05, 0) is 53.8 Å². The lowest BCUT2D eigenvalue weighted by Crippen LogP contribution is -2.58. The normalized spacial score (nSPS) is 13.0. The van der Waals surface area contributed by atoms with Gasteiger partial charge in [0.15, 0.2) is 0 Å². The topological polar surface area (TPSA) is 160 Å². The highest BCUT2D eigenvalue weighted by molar-refractivity contribution is 5.93. The van der Waals surface area contributed by atoms with Crippen molar-refractivity contribution in [2.75, 3.05) is 11.9 Å². The van der Waals surface area contributed by atoms with E-state index in [4.69, 9.17) is 15.6 Å². The van der Waals surface area contributed by atoms with Crippen molar-refractivity contribution < 1.29 is 29.0 Å². The highest BCUT2D eigenvalue weighted by Crippen LogP contribution is 2.44. The first-order chi connectivity index (χ1) is 18.5. The second kappa shape index (κ2) is 11.3. The highest BCUT2D eigenvalue weighted by atomic mass is 16.5. The second-order valence-corrected chi connectivity index (χ2v) is 9.83. The lowest BCUT2D eigenvalue weighted by Gasteiger charge is -2.26. The molecule has 1 aliphatic rings. The molecule has 1 aliphatic carbocycles. The summed E-state index contributed by atoms with van der Waals surface area (Å²) >= 11 is 0. The molecule has 0 radical (unpaired) electrons. The van der Waals surface area contributed by atoms with Gasteiger partial charge in [-0.2, -0.15) is 0 Å². The molecule has 4 rings (SSSR count). The monoisotopic (exact) mass is 530 g/mol. The number of carbonyl (C=O) groups is 4. The summed E-state index contributed by atoms with van der Waals surface area (Å²) in [5.74, 6) is -1.51. The van der Waals surface area contributed by atoms with Crippen LogP contribution < -0.4 is 21.7 Å². The predicted molar refractivity (Wildman–Crippen MR) is 145 cm³/mol. The number of rotatable bonds is 9. The summed E-state index contributed by atoms with van der Waals surface area (Å²) < 4.78 is 5.56. The van der Waals surface area contributed by atoms with E-state index in [0.717, 1.165) is 22.3 Å². The van der Waals surface area contributed by atoms with Crippen molar-refractivity contribution in [2.45, 2.75) is 37.8 Å². The molecular formula is C29H30N4O6. The van der Waals surface area contributed by atoms with Crippen LogP contribution in [0.5, 0.6) is 0 Å². The Morgan fingerprint density at radius 2 is 1.49 bits per heavy atom. The number of hydrogen-bond acceptors (Lipinski definition) is 5. The molecule has 4 amide bonds. The Hall–Kier alpha value is -4.86. The third-order valence-electron chi connectivity index (χ3n) is 6.65. The summed E-state index contributed by atoms with van der Waals surface area (Å²) in [7, 11) is 0. The Kier molecular flexibility index (Phi) is 7.85. The molecule has 202 valence electrons. The summed E-state index contributed by atoms with van der Waals surface area (Å²) in [6.45, 7) is 3.03. The zero-order valence-corrected chi connectivity index (χ0v) is 21.6. The van der Waals surface area contributed by atoms with E-state index < -0.39 is 35.6 Å². The number of primary amides is 1. The Morgan fingerprint density at radius 1 is 0.923 bits per heavy atom. The van der Waals surface area contributed by atoms with E-state index in [0.29, 0.717) is 11.3 Å². The van der Waals surface area contributed by atoms with E-state index >= 15 is 0 Å². The number of nitrogens with one attached hydrogen (secondary N) is 3. The molecule has 0 unspecified atom stereocenters. The number of hydrogen-bond donors (Lipinski definition) is 5. The first-order valence-corrected chi connectivity index (χ1v) is 12.4. The van der Waals surface area contributed by atoms with Gasteiger partial charge in [-0.25, -0.2) is 9.59 Å². The summed E-state index contributed by atoms with van der Waals surface area (Å²) in [6, 6.07) is 21.5. The maximum Gasteiger partial charge on any atom is 0.411 e. The van der Waals surface area contributed by atoms with Crippen molar-refractivity contribution in [3.05, 3.63) is 89.5 Å². The number of carboxylic acid groups (broad SMARTS) is 1. The van der Waals surface area contributed by atoms with Crippen LogP contribution in [0.1, 0.15) is 36.5 Å². The molecule has 10 heteroatoms. The molecule has 1 atom stereocenters. The minimum absolute atomic E-state index is 0.0121. The van der Waals surface area contributed by atoms with E-state index in [-0.39, 0.29) is 18.9 Å². The standard InChI is InChI=1S/C29H30N4O6/c1-29(2,26(30)35)33-25(34)24(32-27(36)37)15-17-11-13-18(14-12-17)31-28(38)39-16-23-21-9-5-3-7-19(21)20-8-4-6-10-22(20)23/h3-14,23-24,32H,15-16H2,1-2H3,(H2,30,35)(H,31,38)(H,33,34)(H,36,37)/t24-/m0/s1. The maximum absolute atomic E-state index is 12.6. The Labute approximate surface area is 225 Å². The van der Waals surface area contributed by atoms with Gasteiger partial charge in [0.1, 0.15) is 18.2 Å². The molecular weight excluding hydrogens is 500 g/mol. The van der Waals surface area contributed by atoms with Crippen molar-refractivity contribution in [1.82, 2.24) is 10.6 Å². The van der Waals surface area contributed by atoms with E-state index in [2.05, 4.69) is 28.1 Å². The lowest BCUT2D eigenvalue weighted by atomic mass is 9.98. The van der Waals surface area contributed by atoms with Crippen molar-refractivity contribution >= 4 is 29.7 Å². The Balaban J connectivity index is 1.36. The number of amides is 4. The molecule has 0 aromatic heterocycles. The first-order valence-electron chi connectivity index (χ1n) is 12.4. The van der Waals surface area contributed by atoms with Crippen LogP contribution in [0.4, 0.5) is 15.3 Å². The minimum atomic E-state index is -1.39. The zero-order valence-electron chi connectivity index (χ0n) is 21.6. The average molecular weight is 531 g/mol. The van der Waals surface area contributed by atoms with E-state index in [9.17, 15) is 19.2 Å². The summed E-state index contributed by atoms with van der Waals surface area (Å²) in [4.78, 5) is 48.0. The Bertz CT molecular complexity index is 1360. The van der Waals surface area contributed by atoms with E-state index in [1.54, 1.807) is 24.3 Å². The van der Waals surface area contributed by atoms with Crippen molar-refractivity contribution in [3.63, 3.8) is 0 Å². The number of anilines is 1. The van der Waals surface area contributed by atoms with Crippen molar-refractivity contribution in [2.24, 2.45) is 5.73 Å². The Morgan fingerprint density at radius 3 is 2.03 bits per heavy atom. The maximum atomic E-state index is 12.6. The van der Waals surface area contributed by atoms with Crippen LogP contribution in [-0.2, 0) is 20.7 Å². The molecule has 3 aromatic rings. The highest BCUT2D eigenvalue weighted by Gasteiger charge is 2.31. The van der Waals surface area contributed by atoms with Crippen LogP contribution in [0.15, 0.2) is 72.8 Å². The van der Waals surface area contributed by atoms with E-state index in [1.165, 1.54) is 13.8 Å². The molecule has 0 saturated carbocycles. The number of ether oxygens (including phenoxy) is 1. The minimum Gasteiger partial charge on any atom is -0.465 e. The smallest absolute Gasteiger partial charge is 0.411 e. The fourth-order valence-electron chi connectivity index (χ4n) is 4.53. The SMILES string of the molecule is CC(C)(NC(=O)[C@H](Cc1ccc(NC(=O)OCC2c3ccccc3-c3ccccc32)cc1)NC(=O)O)C(N)=O. The predicted octanol–water partition coefficient (Wildman–Crippen LogP) is 3.61. The first kappa shape index (κ1) is 27.2. The fourth-order valence-corrected chi connectivity index (χ4v) is 4.53. The molecule has 3 aromatic carbocycles. The van der Waals surface area contributed by atoms with Crippen LogP contribution in [0.3, 0.4) is 0 Å². The molecule has 0 fully saturated rings. The molecule has 0 aliphatic heterocycles. The van der Waals surface area contributed by atoms with Gasteiger partial charge >= 0.3 is 12.2 Å². The fraction of sp³-hybridized carbons (Fsp3) is 0.241. The molecule has 6 N–H and O–H groups in total. The van der Waals surface area contributed by atoms with Gasteiger partial charge in [-0.1, -0.05) is 60.7 Å². The van der Waals surface area contributed by atoms with Gasteiger partial charge in [0.25, 0.3) is 0 Å². The van der Waals surface area contributed by atoms with Crippen LogP contribution >= 0.6 is 0 Å². The van der Waals surface area contributed by atoms with Crippen LogP contribution in [0, 0.1) is 0 Å². The van der Waals surface area contributed by atoms with Crippen LogP contribution in [0.2, 0.25) is 0 Å². The van der Waals surface area contributed by atoms with Gasteiger partial charge in [-0.15, -0.1) is 0 Å². The molecule has 0 bridgehead atoms. The van der Waals surface area contributed by atoms with Gasteiger partial charge in [0, 0.05) is 18.0 Å². The second-order valence-electron chi connectivity index (χ2n) is 9.83. The summed E-state index contributed by atoms with van der Waals surface area (Å²) in [5, 5.41) is 16.5. The van der Waals surface area contributed by atoms with Crippen LogP contribution in [0.25, 0.3) is 11.1 Å². The molecule has 39 heavy (non-hydrogen) atoms. The molecule has 0 spiro atoms. The van der Waals surface area contributed by atoms with Crippen molar-refractivity contribution in [1.29, 1.82) is 0 Å². The molecule has 0 heterocycles. The number of fused-ring (bicyclic) bond motifs is 3. The van der Waals surface area contributed by atoms with Crippen molar-refractivity contribution in [3.8, 4) is 11.1 Å². The summed E-state index contributed by atoms with van der Waals surface area (Å²) in [6.07, 6.45) is -1.98. The molecule has 10 nitrogen and oxygen atoms in total. The van der Waals surface area contributed by atoms with Crippen LogP contribution in [-0.4, -0.2) is 47.3 Å². The third kappa shape index (κ3) is 6.35. The quantitative estimate of drug-likeness (QED) is 0.284. The van der Waals surface area contributed by atoms with Gasteiger partial charge in [-0.3, -0.25) is 14.9 Å². The summed E-state index contributed by atoms with van der Waals surface area (Å²) in [5.41, 5.74) is 9.54. The lowest BCUT2D eigenvalue weighted by molar-refractivity contribution is -0.131.